The topological polar surface area (TPSA) is 24.9 Å². The lowest BCUT2D eigenvalue weighted by molar-refractivity contribution is 1.32. The van der Waals surface area contributed by atoms with Crippen LogP contribution in [0, 0.1) is 3.57 Å². The third-order valence-corrected chi connectivity index (χ3v) is 2.01. The van der Waals surface area contributed by atoms with Gasteiger partial charge in [0, 0.05) is 21.5 Å². The Morgan fingerprint density at radius 3 is 2.89 bits per heavy atom. The van der Waals surface area contributed by atoms with Gasteiger partial charge in [-0.15, -0.1) is 0 Å². The third-order valence-electron chi connectivity index (χ3n) is 0.870. The van der Waals surface area contributed by atoms with E-state index in [1.807, 2.05) is 6.07 Å². The van der Waals surface area contributed by atoms with Crippen molar-refractivity contribution >= 4 is 40.1 Å². The van der Waals surface area contributed by atoms with Gasteiger partial charge in [0.1, 0.15) is 0 Å². The SMILES string of the molecule is ClNc1cnccc1I. The molecule has 0 atom stereocenters. The molecule has 1 rings (SSSR count). The Kier molecular flexibility index (Phi) is 2.53. The summed E-state index contributed by atoms with van der Waals surface area (Å²) in [6.07, 6.45) is 3.40. The van der Waals surface area contributed by atoms with Crippen LogP contribution >= 0.6 is 34.4 Å². The van der Waals surface area contributed by atoms with Gasteiger partial charge >= 0.3 is 0 Å². The lowest BCUT2D eigenvalue weighted by atomic mass is 10.4. The summed E-state index contributed by atoms with van der Waals surface area (Å²) in [7, 11) is 0. The van der Waals surface area contributed by atoms with Crippen LogP contribution in [0.4, 0.5) is 5.69 Å². The van der Waals surface area contributed by atoms with Crippen LogP contribution in [-0.4, -0.2) is 4.98 Å². The molecule has 1 aromatic rings. The number of halogens is 2. The minimum atomic E-state index is 0.847. The Morgan fingerprint density at radius 2 is 2.44 bits per heavy atom. The lowest BCUT2D eigenvalue weighted by Crippen LogP contribution is -1.84. The molecule has 2 nitrogen and oxygen atoms in total. The molecular weight excluding hydrogens is 250 g/mol. The van der Waals surface area contributed by atoms with Gasteiger partial charge in [-0.05, 0) is 28.7 Å². The monoisotopic (exact) mass is 254 g/mol. The lowest BCUT2D eigenvalue weighted by Gasteiger charge is -1.96. The fourth-order valence-corrected chi connectivity index (χ4v) is 1.19. The zero-order chi connectivity index (χ0) is 6.69. The first-order valence-corrected chi connectivity index (χ1v) is 3.76. The standard InChI is InChI=1S/C5H4ClIN2/c6-9-5-3-8-2-1-4(5)7/h1-3,9H. The second-order valence-electron chi connectivity index (χ2n) is 1.45. The van der Waals surface area contributed by atoms with Crippen molar-refractivity contribution in [2.24, 2.45) is 0 Å². The summed E-state index contributed by atoms with van der Waals surface area (Å²) in [5, 5.41) is 0. The normalized spacial score (nSPS) is 9.11. The molecule has 0 aliphatic carbocycles. The maximum atomic E-state index is 5.34. The minimum absolute atomic E-state index is 0.847. The second kappa shape index (κ2) is 3.22. The summed E-state index contributed by atoms with van der Waals surface area (Å²) < 4.78 is 1.07. The highest BCUT2D eigenvalue weighted by molar-refractivity contribution is 14.1. The Bertz CT molecular complexity index is 204. The molecule has 0 radical (unpaired) electrons. The van der Waals surface area contributed by atoms with Crippen LogP contribution in [0.5, 0.6) is 0 Å². The molecule has 0 fully saturated rings. The first-order valence-electron chi connectivity index (χ1n) is 2.31. The maximum Gasteiger partial charge on any atom is 0.0808 e. The molecule has 0 spiro atoms. The van der Waals surface area contributed by atoms with E-state index in [4.69, 9.17) is 11.8 Å². The number of hydrogen-bond acceptors (Lipinski definition) is 2. The van der Waals surface area contributed by atoms with Crippen molar-refractivity contribution < 1.29 is 0 Å². The van der Waals surface area contributed by atoms with Crippen molar-refractivity contribution in [3.8, 4) is 0 Å². The smallest absolute Gasteiger partial charge is 0.0808 e. The molecule has 0 aliphatic rings. The molecule has 0 unspecified atom stereocenters. The fourth-order valence-electron chi connectivity index (χ4n) is 0.447. The number of anilines is 1. The van der Waals surface area contributed by atoms with Crippen molar-refractivity contribution in [3.63, 3.8) is 0 Å². The number of aromatic nitrogens is 1. The molecule has 1 aromatic heterocycles. The van der Waals surface area contributed by atoms with Gasteiger partial charge in [0.25, 0.3) is 0 Å². The number of nitrogens with zero attached hydrogens (tertiary/aromatic N) is 1. The predicted molar refractivity (Wildman–Crippen MR) is 46.4 cm³/mol. The van der Waals surface area contributed by atoms with Crippen molar-refractivity contribution in [1.29, 1.82) is 0 Å². The number of pyridine rings is 1. The first kappa shape index (κ1) is 7.08. The summed E-state index contributed by atoms with van der Waals surface area (Å²) in [4.78, 5) is 6.36. The van der Waals surface area contributed by atoms with E-state index in [0.717, 1.165) is 9.26 Å². The molecule has 4 heteroatoms. The van der Waals surface area contributed by atoms with Gasteiger partial charge in [-0.25, -0.2) is 0 Å². The van der Waals surface area contributed by atoms with Crippen LogP contribution in [0.25, 0.3) is 0 Å². The summed E-state index contributed by atoms with van der Waals surface area (Å²) in [5.41, 5.74) is 0.847. The summed E-state index contributed by atoms with van der Waals surface area (Å²) in [6, 6.07) is 1.88. The van der Waals surface area contributed by atoms with Gasteiger partial charge in [0.2, 0.25) is 0 Å². The van der Waals surface area contributed by atoms with Gasteiger partial charge < -0.3 is 0 Å². The van der Waals surface area contributed by atoms with Crippen molar-refractivity contribution in [3.05, 3.63) is 22.0 Å². The molecule has 0 amide bonds. The molecule has 0 bridgehead atoms. The zero-order valence-electron chi connectivity index (χ0n) is 4.44. The number of rotatable bonds is 1. The highest BCUT2D eigenvalue weighted by Crippen LogP contribution is 2.15. The van der Waals surface area contributed by atoms with E-state index in [1.54, 1.807) is 12.4 Å². The van der Waals surface area contributed by atoms with Crippen LogP contribution in [0.15, 0.2) is 18.5 Å². The average Bonchev–Trinajstić information content (AvgIpc) is 1.89. The van der Waals surface area contributed by atoms with E-state index in [2.05, 4.69) is 32.4 Å². The molecule has 1 N–H and O–H groups in total. The molecular formula is C5H4ClIN2. The molecule has 9 heavy (non-hydrogen) atoms. The van der Waals surface area contributed by atoms with E-state index in [0.29, 0.717) is 0 Å². The van der Waals surface area contributed by atoms with Crippen molar-refractivity contribution in [2.45, 2.75) is 0 Å². The average molecular weight is 254 g/mol. The summed E-state index contributed by atoms with van der Waals surface area (Å²) in [6.45, 7) is 0. The quantitative estimate of drug-likeness (QED) is 0.614. The summed E-state index contributed by atoms with van der Waals surface area (Å²) in [5.74, 6) is 0. The largest absolute Gasteiger partial charge is 0.296 e. The summed E-state index contributed by atoms with van der Waals surface area (Å²) >= 11 is 7.51. The highest BCUT2D eigenvalue weighted by atomic mass is 127. The first-order chi connectivity index (χ1) is 4.34. The highest BCUT2D eigenvalue weighted by Gasteiger charge is 1.92. The van der Waals surface area contributed by atoms with E-state index in [9.17, 15) is 0 Å². The van der Waals surface area contributed by atoms with E-state index >= 15 is 0 Å². The molecule has 0 saturated heterocycles. The van der Waals surface area contributed by atoms with Crippen LogP contribution in [-0.2, 0) is 0 Å². The van der Waals surface area contributed by atoms with Gasteiger partial charge in [0.05, 0.1) is 11.9 Å². The van der Waals surface area contributed by atoms with E-state index < -0.39 is 0 Å². The van der Waals surface area contributed by atoms with Crippen molar-refractivity contribution in [1.82, 2.24) is 4.98 Å². The van der Waals surface area contributed by atoms with E-state index in [1.165, 1.54) is 0 Å². The second-order valence-corrected chi connectivity index (χ2v) is 2.80. The molecule has 0 aliphatic heterocycles. The number of nitrogens with one attached hydrogen (secondary N) is 1. The Balaban J connectivity index is 3.01. The molecule has 1 heterocycles. The Morgan fingerprint density at radius 1 is 1.67 bits per heavy atom. The van der Waals surface area contributed by atoms with Crippen LogP contribution in [0.1, 0.15) is 0 Å². The fraction of sp³-hybridized carbons (Fsp3) is 0. The number of hydrogen-bond donors (Lipinski definition) is 1. The zero-order valence-corrected chi connectivity index (χ0v) is 7.35. The van der Waals surface area contributed by atoms with Gasteiger partial charge in [-0.3, -0.25) is 9.82 Å². The van der Waals surface area contributed by atoms with Gasteiger partial charge in [-0.2, -0.15) is 0 Å². The van der Waals surface area contributed by atoms with Crippen LogP contribution < -0.4 is 4.84 Å². The molecule has 0 saturated carbocycles. The Hall–Kier alpha value is -0.0300. The molecule has 0 aromatic carbocycles. The van der Waals surface area contributed by atoms with Crippen LogP contribution in [0.3, 0.4) is 0 Å². The van der Waals surface area contributed by atoms with Crippen LogP contribution in [0.2, 0.25) is 0 Å². The predicted octanol–water partition coefficient (Wildman–Crippen LogP) is 2.25. The van der Waals surface area contributed by atoms with Crippen molar-refractivity contribution in [2.75, 3.05) is 4.84 Å². The molecule has 48 valence electrons. The Labute approximate surface area is 71.9 Å². The van der Waals surface area contributed by atoms with Gasteiger partial charge in [0.15, 0.2) is 0 Å². The van der Waals surface area contributed by atoms with E-state index in [-0.39, 0.29) is 0 Å². The minimum Gasteiger partial charge on any atom is -0.296 e. The van der Waals surface area contributed by atoms with Gasteiger partial charge in [-0.1, -0.05) is 0 Å². The third kappa shape index (κ3) is 1.69. The maximum absolute atomic E-state index is 5.34.